The Kier molecular flexibility index (Phi) is 6.76. The number of benzene rings is 2. The zero-order valence-electron chi connectivity index (χ0n) is 18.7. The van der Waals surface area contributed by atoms with E-state index in [4.69, 9.17) is 14.5 Å². The van der Waals surface area contributed by atoms with E-state index in [2.05, 4.69) is 10.2 Å². The summed E-state index contributed by atoms with van der Waals surface area (Å²) in [5.74, 6) is -1.41. The Bertz CT molecular complexity index is 1020. The van der Waals surface area contributed by atoms with Gasteiger partial charge >= 0.3 is 5.97 Å². The summed E-state index contributed by atoms with van der Waals surface area (Å²) in [6.07, 6.45) is 0. The van der Waals surface area contributed by atoms with E-state index in [0.717, 1.165) is 24.5 Å². The predicted octanol–water partition coefficient (Wildman–Crippen LogP) is 2.36. The number of guanidine groups is 1. The van der Waals surface area contributed by atoms with Gasteiger partial charge in [0.05, 0.1) is 13.7 Å². The quantitative estimate of drug-likeness (QED) is 0.552. The molecule has 1 N–H and O–H groups in total. The minimum Gasteiger partial charge on any atom is -0.497 e. The van der Waals surface area contributed by atoms with Gasteiger partial charge < -0.3 is 19.3 Å². The predicted molar refractivity (Wildman–Crippen MR) is 122 cm³/mol. The molecular formula is C24H27FN4O4. The Balaban J connectivity index is 1.53. The summed E-state index contributed by atoms with van der Waals surface area (Å²) in [6, 6.07) is 12.8. The van der Waals surface area contributed by atoms with Crippen molar-refractivity contribution < 1.29 is 23.5 Å². The van der Waals surface area contributed by atoms with Crippen LogP contribution < -0.4 is 15.0 Å². The smallest absolute Gasteiger partial charge is 0.321 e. The standard InChI is InChI=1S/C24H27FN4O4/c1-3-33-23(31)20-21(16-4-6-17(25)7-5-16)26-24(27-22(20)30)29-14-12-28(13-15-29)18-8-10-19(32-2)11-9-18/h4-11,20-21H,3,12-15H2,1-2H3,(H,26,27,30). The van der Waals surface area contributed by atoms with Crippen molar-refractivity contribution in [3.05, 3.63) is 59.9 Å². The molecule has 0 radical (unpaired) electrons. The number of rotatable bonds is 5. The number of piperazine rings is 1. The fraction of sp³-hybridized carbons (Fsp3) is 0.375. The van der Waals surface area contributed by atoms with Gasteiger partial charge in [-0.3, -0.25) is 14.9 Å². The first-order valence-corrected chi connectivity index (χ1v) is 10.9. The lowest BCUT2D eigenvalue weighted by Crippen LogP contribution is -2.57. The Hall–Kier alpha value is -3.62. The number of esters is 1. The third-order valence-electron chi connectivity index (χ3n) is 5.86. The molecule has 1 fully saturated rings. The van der Waals surface area contributed by atoms with Crippen LogP contribution in [0.1, 0.15) is 18.5 Å². The number of ether oxygens (including phenoxy) is 2. The summed E-state index contributed by atoms with van der Waals surface area (Å²) >= 11 is 0. The first kappa shape index (κ1) is 22.6. The van der Waals surface area contributed by atoms with Gasteiger partial charge in [0.15, 0.2) is 5.92 Å². The van der Waals surface area contributed by atoms with Crippen molar-refractivity contribution in [2.45, 2.75) is 13.0 Å². The van der Waals surface area contributed by atoms with Gasteiger partial charge in [-0.1, -0.05) is 12.1 Å². The number of carbonyl (C=O) groups excluding carboxylic acids is 2. The molecule has 2 unspecified atom stereocenters. The summed E-state index contributed by atoms with van der Waals surface area (Å²) in [6.45, 7) is 4.61. The molecular weight excluding hydrogens is 427 g/mol. The van der Waals surface area contributed by atoms with Crippen molar-refractivity contribution in [2.75, 3.05) is 44.8 Å². The van der Waals surface area contributed by atoms with E-state index in [0.29, 0.717) is 24.6 Å². The fourth-order valence-electron chi connectivity index (χ4n) is 4.09. The van der Waals surface area contributed by atoms with E-state index in [9.17, 15) is 14.0 Å². The molecule has 1 saturated heterocycles. The highest BCUT2D eigenvalue weighted by atomic mass is 19.1. The van der Waals surface area contributed by atoms with Crippen molar-refractivity contribution in [3.8, 4) is 5.75 Å². The molecule has 2 aromatic rings. The maximum atomic E-state index is 13.5. The van der Waals surface area contributed by atoms with Crippen molar-refractivity contribution in [2.24, 2.45) is 10.9 Å². The molecule has 0 spiro atoms. The maximum absolute atomic E-state index is 13.5. The second-order valence-corrected chi connectivity index (χ2v) is 7.84. The lowest BCUT2D eigenvalue weighted by Gasteiger charge is -2.39. The number of hydrogen-bond donors (Lipinski definition) is 1. The molecule has 0 bridgehead atoms. The minimum absolute atomic E-state index is 0.155. The number of nitrogens with zero attached hydrogens (tertiary/aromatic N) is 3. The molecule has 2 aromatic carbocycles. The van der Waals surface area contributed by atoms with E-state index < -0.39 is 29.7 Å². The van der Waals surface area contributed by atoms with Gasteiger partial charge in [-0.15, -0.1) is 0 Å². The van der Waals surface area contributed by atoms with Crippen LogP contribution in [0.3, 0.4) is 0 Å². The topological polar surface area (TPSA) is 83.5 Å². The van der Waals surface area contributed by atoms with Crippen LogP contribution in [0.4, 0.5) is 10.1 Å². The van der Waals surface area contributed by atoms with E-state index in [1.54, 1.807) is 26.2 Å². The second kappa shape index (κ2) is 9.89. The van der Waals surface area contributed by atoms with Gasteiger partial charge in [0, 0.05) is 31.9 Å². The summed E-state index contributed by atoms with van der Waals surface area (Å²) in [4.78, 5) is 34.4. The van der Waals surface area contributed by atoms with Crippen LogP contribution in [0, 0.1) is 11.7 Å². The minimum atomic E-state index is -1.13. The van der Waals surface area contributed by atoms with Gasteiger partial charge in [0.25, 0.3) is 0 Å². The average molecular weight is 455 g/mol. The van der Waals surface area contributed by atoms with Crippen LogP contribution in [0.15, 0.2) is 53.5 Å². The zero-order valence-corrected chi connectivity index (χ0v) is 18.7. The van der Waals surface area contributed by atoms with E-state index in [-0.39, 0.29) is 6.61 Å². The van der Waals surface area contributed by atoms with E-state index in [1.807, 2.05) is 29.2 Å². The van der Waals surface area contributed by atoms with Gasteiger partial charge in [-0.05, 0) is 48.9 Å². The molecule has 2 aliphatic heterocycles. The number of nitrogens with one attached hydrogen (secondary N) is 1. The second-order valence-electron chi connectivity index (χ2n) is 7.84. The zero-order chi connectivity index (χ0) is 23.4. The van der Waals surface area contributed by atoms with E-state index >= 15 is 0 Å². The lowest BCUT2D eigenvalue weighted by atomic mass is 9.91. The highest BCUT2D eigenvalue weighted by Gasteiger charge is 2.42. The van der Waals surface area contributed by atoms with Crippen LogP contribution in [-0.4, -0.2) is 62.6 Å². The van der Waals surface area contributed by atoms with Crippen LogP contribution in [0.2, 0.25) is 0 Å². The van der Waals surface area contributed by atoms with E-state index in [1.165, 1.54) is 12.1 Å². The molecule has 174 valence electrons. The van der Waals surface area contributed by atoms with Crippen LogP contribution in [-0.2, 0) is 14.3 Å². The molecule has 0 saturated carbocycles. The number of amides is 1. The molecule has 1 amide bonds. The number of aliphatic imine (C=N–C) groups is 1. The summed E-state index contributed by atoms with van der Waals surface area (Å²) in [5.41, 5.74) is 1.68. The molecule has 4 rings (SSSR count). The van der Waals surface area contributed by atoms with Gasteiger partial charge in [-0.2, -0.15) is 0 Å². The summed E-state index contributed by atoms with van der Waals surface area (Å²) in [7, 11) is 1.64. The van der Waals surface area contributed by atoms with Gasteiger partial charge in [-0.25, -0.2) is 9.38 Å². The largest absolute Gasteiger partial charge is 0.497 e. The number of hydrogen-bond acceptors (Lipinski definition) is 7. The Morgan fingerprint density at radius 3 is 2.30 bits per heavy atom. The molecule has 2 atom stereocenters. The Labute approximate surface area is 192 Å². The first-order chi connectivity index (χ1) is 16.0. The third kappa shape index (κ3) is 4.92. The monoisotopic (exact) mass is 454 g/mol. The van der Waals surface area contributed by atoms with Crippen molar-refractivity contribution in [1.29, 1.82) is 0 Å². The van der Waals surface area contributed by atoms with Crippen molar-refractivity contribution in [3.63, 3.8) is 0 Å². The summed E-state index contributed by atoms with van der Waals surface area (Å²) in [5, 5.41) is 2.78. The number of halogens is 1. The highest BCUT2D eigenvalue weighted by Crippen LogP contribution is 2.31. The third-order valence-corrected chi connectivity index (χ3v) is 5.86. The molecule has 2 aliphatic rings. The normalized spacial score (nSPS) is 20.7. The average Bonchev–Trinajstić information content (AvgIpc) is 2.84. The number of methoxy groups -OCH3 is 1. The molecule has 33 heavy (non-hydrogen) atoms. The summed E-state index contributed by atoms with van der Waals surface area (Å²) < 4.78 is 23.8. The van der Waals surface area contributed by atoms with Crippen LogP contribution >= 0.6 is 0 Å². The Morgan fingerprint density at radius 2 is 1.70 bits per heavy atom. The Morgan fingerprint density at radius 1 is 1.06 bits per heavy atom. The van der Waals surface area contributed by atoms with Gasteiger partial charge in [0.2, 0.25) is 11.9 Å². The first-order valence-electron chi connectivity index (χ1n) is 10.9. The molecule has 9 heteroatoms. The number of carbonyl (C=O) groups is 2. The van der Waals surface area contributed by atoms with Crippen molar-refractivity contribution >= 4 is 23.5 Å². The lowest BCUT2D eigenvalue weighted by molar-refractivity contribution is -0.153. The SMILES string of the molecule is CCOC(=O)C1C(=O)NC(N2CCN(c3ccc(OC)cc3)CC2)=NC1c1ccc(F)cc1. The molecule has 8 nitrogen and oxygen atoms in total. The van der Waals surface area contributed by atoms with Crippen molar-refractivity contribution in [1.82, 2.24) is 10.2 Å². The fourth-order valence-corrected chi connectivity index (χ4v) is 4.09. The van der Waals surface area contributed by atoms with Crippen LogP contribution in [0.25, 0.3) is 0 Å². The molecule has 0 aromatic heterocycles. The maximum Gasteiger partial charge on any atom is 0.321 e. The molecule has 0 aliphatic carbocycles. The van der Waals surface area contributed by atoms with Gasteiger partial charge in [0.1, 0.15) is 17.6 Å². The highest BCUT2D eigenvalue weighted by molar-refractivity contribution is 6.08. The number of anilines is 1. The van der Waals surface area contributed by atoms with Crippen LogP contribution in [0.5, 0.6) is 5.75 Å². The molecule has 2 heterocycles.